The van der Waals surface area contributed by atoms with Crippen molar-refractivity contribution >= 4 is 16.8 Å². The lowest BCUT2D eigenvalue weighted by Gasteiger charge is -2.40. The van der Waals surface area contributed by atoms with Crippen LogP contribution in [0.3, 0.4) is 0 Å². The second kappa shape index (κ2) is 8.89. The normalized spacial score (nSPS) is 20.1. The van der Waals surface area contributed by atoms with Gasteiger partial charge in [-0.1, -0.05) is 24.6 Å². The van der Waals surface area contributed by atoms with Crippen LogP contribution >= 0.6 is 0 Å². The predicted molar refractivity (Wildman–Crippen MR) is 110 cm³/mol. The van der Waals surface area contributed by atoms with Gasteiger partial charge in [0.15, 0.2) is 0 Å². The number of aromatic nitrogens is 1. The van der Waals surface area contributed by atoms with Crippen molar-refractivity contribution in [1.29, 1.82) is 0 Å². The number of H-pyrrole nitrogens is 1. The molecule has 0 saturated carbocycles. The summed E-state index contributed by atoms with van der Waals surface area (Å²) in [4.78, 5) is 20.8. The van der Waals surface area contributed by atoms with Gasteiger partial charge in [-0.2, -0.15) is 0 Å². The molecule has 2 aliphatic heterocycles. The Kier molecular flexibility index (Phi) is 6.10. The van der Waals surface area contributed by atoms with E-state index in [1.54, 1.807) is 0 Å². The fourth-order valence-electron chi connectivity index (χ4n) is 4.59. The molecule has 27 heavy (non-hydrogen) atoms. The Bertz CT molecular complexity index is 709. The van der Waals surface area contributed by atoms with E-state index in [0.29, 0.717) is 5.69 Å². The number of hydrogen-bond acceptors (Lipinski definition) is 3. The monoisotopic (exact) mass is 368 g/mol. The molecule has 0 unspecified atom stereocenters. The topological polar surface area (TPSA) is 51.4 Å². The van der Waals surface area contributed by atoms with Crippen LogP contribution in [-0.2, 0) is 0 Å². The molecule has 2 aromatic rings. The number of carbonyl (C=O) groups excluding carboxylic acids is 1. The smallest absolute Gasteiger partial charge is 0.267 e. The number of nitrogens with one attached hydrogen (secondary N) is 2. The van der Waals surface area contributed by atoms with Gasteiger partial charge in [0.05, 0.1) is 0 Å². The molecule has 2 saturated heterocycles. The maximum Gasteiger partial charge on any atom is 0.267 e. The minimum absolute atomic E-state index is 0.00462. The zero-order chi connectivity index (χ0) is 18.5. The number of fused-ring (bicyclic) bond motifs is 1. The fraction of sp³-hybridized carbons (Fsp3) is 0.591. The second-order valence-corrected chi connectivity index (χ2v) is 8.05. The van der Waals surface area contributed by atoms with Crippen LogP contribution in [0.2, 0.25) is 0 Å². The van der Waals surface area contributed by atoms with Crippen molar-refractivity contribution in [1.82, 2.24) is 20.1 Å². The first-order chi connectivity index (χ1) is 13.3. The van der Waals surface area contributed by atoms with E-state index in [-0.39, 0.29) is 5.91 Å². The highest BCUT2D eigenvalue weighted by molar-refractivity contribution is 5.97. The van der Waals surface area contributed by atoms with E-state index >= 15 is 0 Å². The number of nitrogens with zero attached hydrogens (tertiary/aromatic N) is 2. The SMILES string of the molecule is O=C(NCCCN1CCC(N2CCCCC2)CC1)c1cc2ccccc2[nH]1. The molecule has 0 bridgehead atoms. The number of piperidine rings is 2. The molecule has 1 aromatic carbocycles. The summed E-state index contributed by atoms with van der Waals surface area (Å²) in [5.74, 6) is -0.00462. The Labute approximate surface area is 162 Å². The van der Waals surface area contributed by atoms with Crippen LogP contribution in [0.25, 0.3) is 10.9 Å². The lowest BCUT2D eigenvalue weighted by molar-refractivity contribution is 0.0901. The summed E-state index contributed by atoms with van der Waals surface area (Å²) in [6.45, 7) is 6.85. The van der Waals surface area contributed by atoms with E-state index in [0.717, 1.165) is 36.5 Å². The number of amides is 1. The van der Waals surface area contributed by atoms with E-state index in [1.807, 2.05) is 30.3 Å². The van der Waals surface area contributed by atoms with Crippen LogP contribution in [0, 0.1) is 0 Å². The minimum Gasteiger partial charge on any atom is -0.351 e. The Morgan fingerprint density at radius 2 is 1.85 bits per heavy atom. The van der Waals surface area contributed by atoms with Crippen LogP contribution in [-0.4, -0.2) is 66.0 Å². The zero-order valence-corrected chi connectivity index (χ0v) is 16.3. The third-order valence-electron chi connectivity index (χ3n) is 6.18. The average molecular weight is 369 g/mol. The lowest BCUT2D eigenvalue weighted by Crippen LogP contribution is -2.47. The molecule has 0 radical (unpaired) electrons. The van der Waals surface area contributed by atoms with E-state index in [9.17, 15) is 4.79 Å². The van der Waals surface area contributed by atoms with Gasteiger partial charge in [-0.05, 0) is 77.0 Å². The first-order valence-corrected chi connectivity index (χ1v) is 10.6. The summed E-state index contributed by atoms with van der Waals surface area (Å²) < 4.78 is 0. The second-order valence-electron chi connectivity index (χ2n) is 8.05. The average Bonchev–Trinajstić information content (AvgIpc) is 3.17. The van der Waals surface area contributed by atoms with Crippen molar-refractivity contribution < 1.29 is 4.79 Å². The molecule has 2 aliphatic rings. The van der Waals surface area contributed by atoms with Crippen molar-refractivity contribution in [2.75, 3.05) is 39.3 Å². The van der Waals surface area contributed by atoms with Crippen molar-refractivity contribution in [3.8, 4) is 0 Å². The molecular weight excluding hydrogens is 336 g/mol. The van der Waals surface area contributed by atoms with Gasteiger partial charge in [0.1, 0.15) is 5.69 Å². The number of hydrogen-bond donors (Lipinski definition) is 2. The molecule has 2 fully saturated rings. The Balaban J connectivity index is 1.15. The highest BCUT2D eigenvalue weighted by atomic mass is 16.1. The van der Waals surface area contributed by atoms with Crippen LogP contribution < -0.4 is 5.32 Å². The van der Waals surface area contributed by atoms with E-state index in [2.05, 4.69) is 20.1 Å². The minimum atomic E-state index is -0.00462. The summed E-state index contributed by atoms with van der Waals surface area (Å²) >= 11 is 0. The van der Waals surface area contributed by atoms with Crippen LogP contribution in [0.5, 0.6) is 0 Å². The van der Waals surface area contributed by atoms with Gasteiger partial charge in [0.2, 0.25) is 0 Å². The molecule has 1 amide bonds. The molecule has 5 nitrogen and oxygen atoms in total. The van der Waals surface area contributed by atoms with Gasteiger partial charge in [-0.3, -0.25) is 4.79 Å². The van der Waals surface area contributed by atoms with E-state index in [4.69, 9.17) is 0 Å². The predicted octanol–water partition coefficient (Wildman–Crippen LogP) is 3.24. The Morgan fingerprint density at radius 1 is 1.07 bits per heavy atom. The van der Waals surface area contributed by atoms with Crippen LogP contribution in [0.1, 0.15) is 49.0 Å². The summed E-state index contributed by atoms with van der Waals surface area (Å²) in [6, 6.07) is 10.7. The summed E-state index contributed by atoms with van der Waals surface area (Å²) in [6.07, 6.45) is 7.81. The highest BCUT2D eigenvalue weighted by Gasteiger charge is 2.25. The number of carbonyl (C=O) groups is 1. The number of aromatic amines is 1. The van der Waals surface area contributed by atoms with Crippen molar-refractivity contribution in [2.45, 2.75) is 44.6 Å². The summed E-state index contributed by atoms with van der Waals surface area (Å²) in [7, 11) is 0. The number of rotatable bonds is 6. The van der Waals surface area contributed by atoms with Gasteiger partial charge >= 0.3 is 0 Å². The third kappa shape index (κ3) is 4.71. The summed E-state index contributed by atoms with van der Waals surface area (Å²) in [5.41, 5.74) is 1.66. The summed E-state index contributed by atoms with van der Waals surface area (Å²) in [5, 5.41) is 4.14. The zero-order valence-electron chi connectivity index (χ0n) is 16.3. The first kappa shape index (κ1) is 18.5. The van der Waals surface area contributed by atoms with Gasteiger partial charge in [-0.15, -0.1) is 0 Å². The molecule has 4 rings (SSSR count). The molecule has 0 spiro atoms. The first-order valence-electron chi connectivity index (χ1n) is 10.6. The van der Waals surface area contributed by atoms with E-state index < -0.39 is 0 Å². The highest BCUT2D eigenvalue weighted by Crippen LogP contribution is 2.21. The maximum absolute atomic E-state index is 12.3. The molecule has 0 atom stereocenters. The molecule has 0 aliphatic carbocycles. The number of para-hydroxylation sites is 1. The quantitative estimate of drug-likeness (QED) is 0.770. The standard InChI is InChI=1S/C22H32N4O/c27-22(21-17-18-7-2-3-8-20(18)24-21)23-11-6-12-25-15-9-19(10-16-25)26-13-4-1-5-14-26/h2-3,7-8,17,19,24H,1,4-6,9-16H2,(H,23,27). The third-order valence-corrected chi connectivity index (χ3v) is 6.18. The van der Waals surface area contributed by atoms with E-state index in [1.165, 1.54) is 58.3 Å². The maximum atomic E-state index is 12.3. The van der Waals surface area contributed by atoms with Crippen molar-refractivity contribution in [2.24, 2.45) is 0 Å². The fourth-order valence-corrected chi connectivity index (χ4v) is 4.59. The Morgan fingerprint density at radius 3 is 2.63 bits per heavy atom. The van der Waals surface area contributed by atoms with Gasteiger partial charge in [0, 0.05) is 23.5 Å². The molecule has 1 aromatic heterocycles. The van der Waals surface area contributed by atoms with Crippen molar-refractivity contribution in [3.63, 3.8) is 0 Å². The largest absolute Gasteiger partial charge is 0.351 e. The van der Waals surface area contributed by atoms with Crippen LogP contribution in [0.4, 0.5) is 0 Å². The van der Waals surface area contributed by atoms with Gasteiger partial charge < -0.3 is 20.1 Å². The van der Waals surface area contributed by atoms with Crippen molar-refractivity contribution in [3.05, 3.63) is 36.0 Å². The molecule has 146 valence electrons. The lowest BCUT2D eigenvalue weighted by atomic mass is 10.00. The van der Waals surface area contributed by atoms with Gasteiger partial charge in [-0.25, -0.2) is 0 Å². The number of benzene rings is 1. The molecule has 2 N–H and O–H groups in total. The molecule has 5 heteroatoms. The number of likely N-dealkylation sites (tertiary alicyclic amines) is 2. The van der Waals surface area contributed by atoms with Crippen LogP contribution in [0.15, 0.2) is 30.3 Å². The molecular formula is C22H32N4O. The Hall–Kier alpha value is -1.85. The molecule has 3 heterocycles. The van der Waals surface area contributed by atoms with Gasteiger partial charge in [0.25, 0.3) is 5.91 Å².